The number of rotatable bonds is 2. The first-order chi connectivity index (χ1) is 8.75. The largest absolute Gasteiger partial charge is 0.382 e. The van der Waals surface area contributed by atoms with Crippen LogP contribution in [-0.2, 0) is 7.05 Å². The molecule has 0 bridgehead atoms. The van der Waals surface area contributed by atoms with Crippen molar-refractivity contribution in [2.45, 2.75) is 6.10 Å². The highest BCUT2D eigenvalue weighted by molar-refractivity contribution is 5.85. The third kappa shape index (κ3) is 1.76. The smallest absolute Gasteiger partial charge is 0.123 e. The molecule has 0 radical (unpaired) electrons. The van der Waals surface area contributed by atoms with Gasteiger partial charge < -0.3 is 9.67 Å². The second-order valence-electron chi connectivity index (χ2n) is 4.31. The summed E-state index contributed by atoms with van der Waals surface area (Å²) in [6.07, 6.45) is 6.30. The highest BCUT2D eigenvalue weighted by atomic mass is 16.3. The van der Waals surface area contributed by atoms with E-state index in [1.165, 1.54) is 0 Å². The molecule has 18 heavy (non-hydrogen) atoms. The lowest BCUT2D eigenvalue weighted by molar-refractivity contribution is 0.217. The van der Waals surface area contributed by atoms with Crippen molar-refractivity contribution in [3.8, 4) is 0 Å². The fourth-order valence-corrected chi connectivity index (χ4v) is 2.11. The molecule has 4 nitrogen and oxygen atoms in total. The Kier molecular flexibility index (Phi) is 2.57. The summed E-state index contributed by atoms with van der Waals surface area (Å²) in [6.45, 7) is 0. The van der Waals surface area contributed by atoms with Gasteiger partial charge >= 0.3 is 0 Å². The molecule has 1 N–H and O–H groups in total. The minimum absolute atomic E-state index is 0.647. The van der Waals surface area contributed by atoms with Crippen molar-refractivity contribution in [2.75, 3.05) is 0 Å². The van der Waals surface area contributed by atoms with E-state index in [4.69, 9.17) is 0 Å². The lowest BCUT2D eigenvalue weighted by Crippen LogP contribution is -2.01. The Balaban J connectivity index is 2.14. The van der Waals surface area contributed by atoms with Crippen LogP contribution < -0.4 is 0 Å². The van der Waals surface area contributed by atoms with E-state index in [-0.39, 0.29) is 0 Å². The molecule has 0 aliphatic carbocycles. The first kappa shape index (κ1) is 10.9. The molecule has 0 amide bonds. The second-order valence-corrected chi connectivity index (χ2v) is 4.31. The van der Waals surface area contributed by atoms with Crippen LogP contribution in [0.1, 0.15) is 17.4 Å². The molecule has 0 fully saturated rings. The van der Waals surface area contributed by atoms with Gasteiger partial charge in [-0.2, -0.15) is 0 Å². The summed E-state index contributed by atoms with van der Waals surface area (Å²) in [5, 5.41) is 12.4. The fourth-order valence-electron chi connectivity index (χ4n) is 2.11. The number of nitrogens with zero attached hydrogens (tertiary/aromatic N) is 3. The monoisotopic (exact) mass is 239 g/mol. The third-order valence-corrected chi connectivity index (χ3v) is 3.02. The van der Waals surface area contributed by atoms with E-state index in [1.54, 1.807) is 18.7 Å². The summed E-state index contributed by atoms with van der Waals surface area (Å²) < 4.78 is 1.82. The first-order valence-corrected chi connectivity index (χ1v) is 5.74. The van der Waals surface area contributed by atoms with Crippen LogP contribution in [0.25, 0.3) is 10.8 Å². The normalized spacial score (nSPS) is 12.8. The summed E-state index contributed by atoms with van der Waals surface area (Å²) in [7, 11) is 1.88. The predicted octanol–water partition coefficient (Wildman–Crippen LogP) is 2.05. The summed E-state index contributed by atoms with van der Waals surface area (Å²) in [6, 6.07) is 7.78. The predicted molar refractivity (Wildman–Crippen MR) is 69.0 cm³/mol. The van der Waals surface area contributed by atoms with Crippen molar-refractivity contribution < 1.29 is 5.11 Å². The van der Waals surface area contributed by atoms with Crippen molar-refractivity contribution in [2.24, 2.45) is 7.05 Å². The zero-order chi connectivity index (χ0) is 12.5. The molecule has 1 aromatic carbocycles. The van der Waals surface area contributed by atoms with Crippen LogP contribution in [0.3, 0.4) is 0 Å². The van der Waals surface area contributed by atoms with Gasteiger partial charge in [0.1, 0.15) is 6.10 Å². The Morgan fingerprint density at radius 2 is 2.17 bits per heavy atom. The highest BCUT2D eigenvalue weighted by Crippen LogP contribution is 2.27. The molecule has 0 saturated carbocycles. The molecule has 2 heterocycles. The van der Waals surface area contributed by atoms with Crippen molar-refractivity contribution in [1.82, 2.24) is 14.5 Å². The van der Waals surface area contributed by atoms with Crippen LogP contribution in [0, 0.1) is 0 Å². The number of hydrogen-bond donors (Lipinski definition) is 1. The Bertz CT molecular complexity index is 685. The quantitative estimate of drug-likeness (QED) is 0.744. The van der Waals surface area contributed by atoms with Gasteiger partial charge in [0.25, 0.3) is 0 Å². The molecule has 0 aliphatic heterocycles. The maximum absolute atomic E-state index is 10.4. The summed E-state index contributed by atoms with van der Waals surface area (Å²) in [5.41, 5.74) is 1.48. The van der Waals surface area contributed by atoms with Gasteiger partial charge in [-0.1, -0.05) is 18.2 Å². The van der Waals surface area contributed by atoms with Gasteiger partial charge in [0.2, 0.25) is 0 Å². The fraction of sp³-hybridized carbons (Fsp3) is 0.143. The Morgan fingerprint density at radius 1 is 1.28 bits per heavy atom. The molecule has 2 aromatic heterocycles. The minimum atomic E-state index is -0.723. The van der Waals surface area contributed by atoms with Gasteiger partial charge in [-0.15, -0.1) is 0 Å². The number of aliphatic hydroxyl groups excluding tert-OH is 1. The second kappa shape index (κ2) is 4.23. The van der Waals surface area contributed by atoms with Crippen LogP contribution in [0.2, 0.25) is 0 Å². The van der Waals surface area contributed by atoms with Gasteiger partial charge in [-0.05, 0) is 17.0 Å². The number of aliphatic hydroxyl groups is 1. The van der Waals surface area contributed by atoms with E-state index in [0.717, 1.165) is 16.3 Å². The zero-order valence-electron chi connectivity index (χ0n) is 9.99. The van der Waals surface area contributed by atoms with Gasteiger partial charge in [0.15, 0.2) is 0 Å². The number of fused-ring (bicyclic) bond motifs is 1. The maximum Gasteiger partial charge on any atom is 0.123 e. The summed E-state index contributed by atoms with van der Waals surface area (Å²) in [4.78, 5) is 8.31. The first-order valence-electron chi connectivity index (χ1n) is 5.74. The van der Waals surface area contributed by atoms with Crippen molar-refractivity contribution in [1.29, 1.82) is 0 Å². The average molecular weight is 239 g/mol. The van der Waals surface area contributed by atoms with Crippen LogP contribution in [0.5, 0.6) is 0 Å². The zero-order valence-corrected chi connectivity index (χ0v) is 9.99. The van der Waals surface area contributed by atoms with E-state index in [9.17, 15) is 5.11 Å². The van der Waals surface area contributed by atoms with E-state index in [1.807, 2.05) is 42.1 Å². The van der Waals surface area contributed by atoms with Crippen LogP contribution in [0.15, 0.2) is 49.2 Å². The Hall–Kier alpha value is -2.20. The lowest BCUT2D eigenvalue weighted by Gasteiger charge is -2.11. The third-order valence-electron chi connectivity index (χ3n) is 3.02. The van der Waals surface area contributed by atoms with Crippen molar-refractivity contribution >= 4 is 10.8 Å². The van der Waals surface area contributed by atoms with Gasteiger partial charge in [0.05, 0.1) is 12.0 Å². The van der Waals surface area contributed by atoms with E-state index >= 15 is 0 Å². The van der Waals surface area contributed by atoms with Crippen LogP contribution >= 0.6 is 0 Å². The molecule has 3 aromatic rings. The number of imidazole rings is 1. The van der Waals surface area contributed by atoms with Gasteiger partial charge in [-0.25, -0.2) is 4.98 Å². The average Bonchev–Trinajstić information content (AvgIpc) is 2.84. The minimum Gasteiger partial charge on any atom is -0.382 e. The van der Waals surface area contributed by atoms with Crippen LogP contribution in [-0.4, -0.2) is 19.6 Å². The van der Waals surface area contributed by atoms with E-state index in [0.29, 0.717) is 5.69 Å². The van der Waals surface area contributed by atoms with E-state index in [2.05, 4.69) is 9.97 Å². The summed E-state index contributed by atoms with van der Waals surface area (Å²) >= 11 is 0. The molecule has 3 rings (SSSR count). The summed E-state index contributed by atoms with van der Waals surface area (Å²) in [5.74, 6) is 0. The molecule has 1 unspecified atom stereocenters. The van der Waals surface area contributed by atoms with Crippen molar-refractivity contribution in [3.63, 3.8) is 0 Å². The molecule has 0 saturated heterocycles. The standard InChI is InChI=1S/C14H13N3O/c1-17-8-13(16-9-17)14(18)11-4-2-3-10-5-6-15-7-12(10)11/h2-9,14,18H,1H3. The molecule has 0 spiro atoms. The molecule has 1 atom stereocenters. The SMILES string of the molecule is Cn1cnc(C(O)c2cccc3ccncc23)c1. The number of aromatic nitrogens is 3. The van der Waals surface area contributed by atoms with Crippen LogP contribution in [0.4, 0.5) is 0 Å². The molecular formula is C14H13N3O. The number of pyridine rings is 1. The Morgan fingerprint density at radius 3 is 2.94 bits per heavy atom. The molecule has 0 aliphatic rings. The van der Waals surface area contributed by atoms with E-state index < -0.39 is 6.10 Å². The lowest BCUT2D eigenvalue weighted by atomic mass is 10.0. The number of hydrogen-bond acceptors (Lipinski definition) is 3. The van der Waals surface area contributed by atoms with Crippen molar-refractivity contribution in [3.05, 3.63) is 60.4 Å². The van der Waals surface area contributed by atoms with Gasteiger partial charge in [0, 0.05) is 31.0 Å². The molecular weight excluding hydrogens is 226 g/mol. The Labute approximate surface area is 105 Å². The topological polar surface area (TPSA) is 50.9 Å². The highest BCUT2D eigenvalue weighted by Gasteiger charge is 2.15. The van der Waals surface area contributed by atoms with Gasteiger partial charge in [-0.3, -0.25) is 4.98 Å². The number of benzene rings is 1. The maximum atomic E-state index is 10.4. The molecule has 90 valence electrons. The number of aryl methyl sites for hydroxylation is 1. The molecule has 4 heteroatoms.